The van der Waals surface area contributed by atoms with E-state index in [1.54, 1.807) is 6.08 Å². The molecule has 178 valence electrons. The van der Waals surface area contributed by atoms with Gasteiger partial charge in [-0.3, -0.25) is 4.79 Å². The number of hydrogen-bond donors (Lipinski definition) is 5. The van der Waals surface area contributed by atoms with E-state index in [9.17, 15) is 20.1 Å². The number of hydrogen-bond acceptors (Lipinski definition) is 7. The van der Waals surface area contributed by atoms with Crippen LogP contribution in [0, 0.1) is 0 Å². The fourth-order valence-corrected chi connectivity index (χ4v) is 3.13. The maximum atomic E-state index is 12.2. The maximum Gasteiger partial charge on any atom is 0.186 e. The van der Waals surface area contributed by atoms with E-state index < -0.39 is 50.0 Å². The molecule has 0 aromatic carbocycles. The fraction of sp³-hybridized carbons (Fsp3) is 0.870. The van der Waals surface area contributed by atoms with Gasteiger partial charge in [0.25, 0.3) is 0 Å². The van der Waals surface area contributed by atoms with Crippen LogP contribution in [0.25, 0.3) is 0 Å². The summed E-state index contributed by atoms with van der Waals surface area (Å²) in [5.74, 6) is -0.509. The molecule has 0 spiro atoms. The third-order valence-corrected chi connectivity index (χ3v) is 5.15. The van der Waals surface area contributed by atoms with E-state index in [4.69, 9.17) is 14.9 Å². The Bertz CT molecular complexity index is 428. The van der Waals surface area contributed by atoms with Gasteiger partial charge < -0.3 is 30.3 Å². The number of ketones is 1. The van der Waals surface area contributed by atoms with Crippen molar-refractivity contribution < 1.29 is 35.1 Å². The summed E-state index contributed by atoms with van der Waals surface area (Å²) in [7, 11) is 0. The van der Waals surface area contributed by atoms with Gasteiger partial charge in [0.15, 0.2) is 5.78 Å². The molecule has 7 nitrogen and oxygen atoms in total. The van der Waals surface area contributed by atoms with Gasteiger partial charge in [-0.1, -0.05) is 77.2 Å². The minimum Gasteiger partial charge on any atom is -0.394 e. The van der Waals surface area contributed by atoms with Crippen LogP contribution in [-0.4, -0.2) is 75.6 Å². The Balaban J connectivity index is 3.97. The largest absolute Gasteiger partial charge is 0.394 e. The van der Waals surface area contributed by atoms with E-state index in [-0.39, 0.29) is 0 Å². The number of carbonyl (C=O) groups excluding carboxylic acids is 1. The normalized spacial score (nSPS) is 15.9. The molecule has 0 heterocycles. The summed E-state index contributed by atoms with van der Waals surface area (Å²) in [5, 5.41) is 46.6. The summed E-state index contributed by atoms with van der Waals surface area (Å²) in [6.07, 6.45) is 12.1. The predicted octanol–water partition coefficient (Wildman–Crippen LogP) is 2.27. The molecule has 0 bridgehead atoms. The van der Waals surface area contributed by atoms with Gasteiger partial charge in [0.05, 0.1) is 19.8 Å². The number of aliphatic hydroxyl groups is 5. The van der Waals surface area contributed by atoms with Crippen molar-refractivity contribution in [3.8, 4) is 0 Å². The summed E-state index contributed by atoms with van der Waals surface area (Å²) in [5.41, 5.74) is 0. The second kappa shape index (κ2) is 20.1. The zero-order valence-corrected chi connectivity index (χ0v) is 18.6. The Hall–Kier alpha value is -0.830. The molecule has 0 aromatic heterocycles. The SMILES string of the molecule is CCCCCCCCCCCCCC=CC(=O)C(OC[C@H](O)[C@H](O)CO)C(O)CO. The summed E-state index contributed by atoms with van der Waals surface area (Å²) < 4.78 is 5.17. The van der Waals surface area contributed by atoms with Gasteiger partial charge in [-0.05, 0) is 18.9 Å². The van der Waals surface area contributed by atoms with Gasteiger partial charge in [-0.25, -0.2) is 0 Å². The quantitative estimate of drug-likeness (QED) is 0.139. The number of rotatable bonds is 21. The summed E-state index contributed by atoms with van der Waals surface area (Å²) in [6, 6.07) is 0. The summed E-state index contributed by atoms with van der Waals surface area (Å²) in [6.45, 7) is 0.474. The van der Waals surface area contributed by atoms with Crippen LogP contribution in [0.1, 0.15) is 84.0 Å². The Kier molecular flexibility index (Phi) is 19.5. The van der Waals surface area contributed by atoms with E-state index in [1.807, 2.05) is 0 Å². The van der Waals surface area contributed by atoms with Crippen molar-refractivity contribution in [2.45, 2.75) is 108 Å². The number of carbonyl (C=O) groups is 1. The Morgan fingerprint density at radius 2 is 1.27 bits per heavy atom. The van der Waals surface area contributed by atoms with Crippen LogP contribution < -0.4 is 0 Å². The predicted molar refractivity (Wildman–Crippen MR) is 117 cm³/mol. The van der Waals surface area contributed by atoms with Gasteiger partial charge in [-0.15, -0.1) is 0 Å². The molecule has 0 saturated carbocycles. The van der Waals surface area contributed by atoms with E-state index >= 15 is 0 Å². The van der Waals surface area contributed by atoms with Crippen LogP contribution in [0.2, 0.25) is 0 Å². The first kappa shape index (κ1) is 29.2. The molecule has 0 aromatic rings. The lowest BCUT2D eigenvalue weighted by Gasteiger charge is -2.22. The van der Waals surface area contributed by atoms with Crippen molar-refractivity contribution in [2.24, 2.45) is 0 Å². The number of aliphatic hydroxyl groups excluding tert-OH is 5. The monoisotopic (exact) mass is 432 g/mol. The highest BCUT2D eigenvalue weighted by Gasteiger charge is 2.27. The Morgan fingerprint density at radius 3 is 1.77 bits per heavy atom. The highest BCUT2D eigenvalue weighted by molar-refractivity contribution is 5.94. The minimum absolute atomic E-state index is 0.443. The van der Waals surface area contributed by atoms with E-state index in [0.717, 1.165) is 19.3 Å². The third kappa shape index (κ3) is 15.0. The number of unbranched alkanes of at least 4 members (excludes halogenated alkanes) is 11. The molecule has 7 heteroatoms. The smallest absolute Gasteiger partial charge is 0.186 e. The van der Waals surface area contributed by atoms with Crippen LogP contribution in [0.3, 0.4) is 0 Å². The second-order valence-corrected chi connectivity index (χ2v) is 7.95. The highest BCUT2D eigenvalue weighted by atomic mass is 16.5. The average Bonchev–Trinajstić information content (AvgIpc) is 2.75. The van der Waals surface area contributed by atoms with E-state index in [2.05, 4.69) is 6.92 Å². The number of allylic oxidation sites excluding steroid dienone is 1. The lowest BCUT2D eigenvalue weighted by Crippen LogP contribution is -2.42. The Labute approximate surface area is 181 Å². The Morgan fingerprint density at radius 1 is 0.767 bits per heavy atom. The molecule has 0 rings (SSSR count). The van der Waals surface area contributed by atoms with Crippen molar-refractivity contribution in [3.05, 3.63) is 12.2 Å². The van der Waals surface area contributed by atoms with Crippen LogP contribution in [0.4, 0.5) is 0 Å². The molecule has 5 N–H and O–H groups in total. The first-order valence-corrected chi connectivity index (χ1v) is 11.6. The molecule has 0 amide bonds. The maximum absolute atomic E-state index is 12.2. The molecule has 0 aliphatic heterocycles. The minimum atomic E-state index is -1.43. The van der Waals surface area contributed by atoms with Crippen molar-refractivity contribution in [2.75, 3.05) is 19.8 Å². The standard InChI is InChI=1S/C23H44O7/c1-2-3-4-5-6-7-8-9-10-11-12-13-14-15-19(26)23(21(28)17-25)30-18-22(29)20(27)16-24/h14-15,20-25,27-29H,2-13,16-18H2,1H3/t20-,21?,22+,23?/m1/s1. The van der Waals surface area contributed by atoms with Crippen molar-refractivity contribution >= 4 is 5.78 Å². The van der Waals surface area contributed by atoms with Gasteiger partial charge in [0, 0.05) is 0 Å². The molecular weight excluding hydrogens is 388 g/mol. The molecule has 2 unspecified atom stereocenters. The van der Waals surface area contributed by atoms with Crippen molar-refractivity contribution in [1.82, 2.24) is 0 Å². The molecule has 0 fully saturated rings. The first-order chi connectivity index (χ1) is 14.5. The van der Waals surface area contributed by atoms with Crippen molar-refractivity contribution in [3.63, 3.8) is 0 Å². The molecule has 30 heavy (non-hydrogen) atoms. The van der Waals surface area contributed by atoms with Crippen LogP contribution in [0.5, 0.6) is 0 Å². The topological polar surface area (TPSA) is 127 Å². The molecule has 0 aliphatic rings. The highest BCUT2D eigenvalue weighted by Crippen LogP contribution is 2.12. The zero-order chi connectivity index (χ0) is 22.6. The summed E-state index contributed by atoms with van der Waals surface area (Å²) in [4.78, 5) is 12.2. The fourth-order valence-electron chi connectivity index (χ4n) is 3.13. The average molecular weight is 433 g/mol. The third-order valence-electron chi connectivity index (χ3n) is 5.15. The van der Waals surface area contributed by atoms with Crippen LogP contribution >= 0.6 is 0 Å². The second-order valence-electron chi connectivity index (χ2n) is 7.95. The van der Waals surface area contributed by atoms with Gasteiger partial charge in [0.1, 0.15) is 24.4 Å². The lowest BCUT2D eigenvalue weighted by atomic mass is 10.0. The molecular formula is C23H44O7. The van der Waals surface area contributed by atoms with Crippen LogP contribution in [0.15, 0.2) is 12.2 Å². The van der Waals surface area contributed by atoms with E-state index in [1.165, 1.54) is 63.9 Å². The van der Waals surface area contributed by atoms with E-state index in [0.29, 0.717) is 0 Å². The molecule has 0 aliphatic carbocycles. The lowest BCUT2D eigenvalue weighted by molar-refractivity contribution is -0.143. The van der Waals surface area contributed by atoms with Crippen LogP contribution in [-0.2, 0) is 9.53 Å². The summed E-state index contributed by atoms with van der Waals surface area (Å²) >= 11 is 0. The van der Waals surface area contributed by atoms with Gasteiger partial charge in [0.2, 0.25) is 0 Å². The molecule has 0 saturated heterocycles. The van der Waals surface area contributed by atoms with Gasteiger partial charge >= 0.3 is 0 Å². The zero-order valence-electron chi connectivity index (χ0n) is 18.6. The first-order valence-electron chi connectivity index (χ1n) is 11.6. The number of ether oxygens (including phenoxy) is 1. The molecule has 4 atom stereocenters. The van der Waals surface area contributed by atoms with Crippen molar-refractivity contribution in [1.29, 1.82) is 0 Å². The van der Waals surface area contributed by atoms with Gasteiger partial charge in [-0.2, -0.15) is 0 Å². The molecule has 0 radical (unpaired) electrons.